The number of benzene rings is 3. The Morgan fingerprint density at radius 2 is 1.07 bits per heavy atom. The Morgan fingerprint density at radius 1 is 0.600 bits per heavy atom. The van der Waals surface area contributed by atoms with Gasteiger partial charge in [0, 0.05) is 17.2 Å². The Hall–Kier alpha value is -2.83. The predicted octanol–water partition coefficient (Wildman–Crippen LogP) is 8.73. The van der Waals surface area contributed by atoms with Crippen molar-refractivity contribution in [2.24, 2.45) is 0 Å². The van der Waals surface area contributed by atoms with Gasteiger partial charge in [0.15, 0.2) is 5.44 Å². The second-order valence-corrected chi connectivity index (χ2v) is 15.8. The molecule has 5 rings (SSSR count). The topological polar surface area (TPSA) is 35.6 Å². The fraction of sp³-hybridized carbons (Fsp3) is 0.235. The number of nitrogens with zero attached hydrogens (tertiary/aromatic N) is 4. The zero-order valence-corrected chi connectivity index (χ0v) is 27.5. The van der Waals surface area contributed by atoms with Crippen molar-refractivity contribution in [2.45, 2.75) is 51.9 Å². The average Bonchev–Trinajstić information content (AvgIpc) is 3.48. The van der Waals surface area contributed by atoms with Crippen molar-refractivity contribution >= 4 is 13.4 Å². The van der Waals surface area contributed by atoms with E-state index in [2.05, 4.69) is 142 Å². The van der Waals surface area contributed by atoms with Gasteiger partial charge >= 0.3 is 20.4 Å². The van der Waals surface area contributed by atoms with E-state index < -0.39 is 7.92 Å². The first-order valence-corrected chi connectivity index (χ1v) is 14.4. The molecule has 2 aromatic heterocycles. The van der Waals surface area contributed by atoms with Crippen molar-refractivity contribution in [3.63, 3.8) is 0 Å². The molecular weight excluding hydrogens is 602 g/mol. The minimum atomic E-state index is -1.07. The van der Waals surface area contributed by atoms with E-state index in [1.54, 1.807) is 0 Å². The van der Waals surface area contributed by atoms with Crippen LogP contribution in [0.1, 0.15) is 41.5 Å². The van der Waals surface area contributed by atoms with E-state index in [0.29, 0.717) is 0 Å². The summed E-state index contributed by atoms with van der Waals surface area (Å²) >= 11 is 0. The van der Waals surface area contributed by atoms with Crippen LogP contribution in [0.5, 0.6) is 0 Å². The van der Waals surface area contributed by atoms with Crippen LogP contribution in [0.3, 0.4) is 0 Å². The molecule has 0 aliphatic heterocycles. The van der Waals surface area contributed by atoms with Gasteiger partial charge < -0.3 is 14.9 Å². The van der Waals surface area contributed by atoms with E-state index >= 15 is 0 Å². The normalized spacial score (nSPS) is 11.4. The average molecular weight is 644 g/mol. The number of para-hydroxylation sites is 1. The maximum absolute atomic E-state index is 5.27. The second-order valence-electron chi connectivity index (χ2n) is 11.5. The maximum Gasteiger partial charge on any atom is 2.00 e. The molecule has 0 bridgehead atoms. The van der Waals surface area contributed by atoms with Crippen LogP contribution in [-0.4, -0.2) is 29.9 Å². The van der Waals surface area contributed by atoms with E-state index in [1.807, 2.05) is 12.3 Å². The quantitative estimate of drug-likeness (QED) is 0.109. The Balaban J connectivity index is 0.00000187. The van der Waals surface area contributed by atoms with E-state index in [-0.39, 0.29) is 45.6 Å². The summed E-state index contributed by atoms with van der Waals surface area (Å²) < 4.78 is 4.28. The summed E-state index contributed by atoms with van der Waals surface area (Å²) in [4.78, 5) is 0. The molecule has 2 heterocycles. The molecule has 5 aromatic rings. The smallest absolute Gasteiger partial charge is 0.358 e. The van der Waals surface area contributed by atoms with Crippen LogP contribution in [-0.2, 0) is 20.4 Å². The minimum Gasteiger partial charge on any atom is -0.358 e. The SMILES string of the molecule is CC(C)(C)[PH+](c1ccnn1-c1c(-c2ccccc2)nn(-c2ccccc2)c1-c1ccccc1)C(C)(C)C.[CH3-].[CH3-].[Pd+2]. The largest absolute Gasteiger partial charge is 2.00 e. The molecule has 0 fully saturated rings. The molecule has 0 aliphatic rings. The molecule has 40 heavy (non-hydrogen) atoms. The Labute approximate surface area is 256 Å². The van der Waals surface area contributed by atoms with Crippen molar-refractivity contribution in [2.75, 3.05) is 0 Å². The molecule has 4 nitrogen and oxygen atoms in total. The molecule has 0 saturated heterocycles. The van der Waals surface area contributed by atoms with Crippen LogP contribution in [0.15, 0.2) is 103 Å². The zero-order valence-electron chi connectivity index (χ0n) is 24.9. The number of hydrogen-bond donors (Lipinski definition) is 0. The molecule has 0 radical (unpaired) electrons. The standard InChI is InChI=1S/C32H35N4P.2CH3.Pd/c1-31(2,3)37(32(4,5)6)27-22-23-33-36(27)30-28(24-16-10-7-11-17-24)34-35(26-20-14-9-15-21-26)29(30)25-18-12-8-13-19-25;;;/h7-23H,1-6H3;2*1H3;/q;2*-1;+2/p+1. The van der Waals surface area contributed by atoms with Crippen LogP contribution < -0.4 is 5.44 Å². The van der Waals surface area contributed by atoms with E-state index in [0.717, 1.165) is 33.9 Å². The molecule has 0 atom stereocenters. The third kappa shape index (κ3) is 6.55. The van der Waals surface area contributed by atoms with Gasteiger partial charge in [-0.1, -0.05) is 78.9 Å². The fourth-order valence-corrected chi connectivity index (χ4v) is 9.99. The molecule has 0 spiro atoms. The summed E-state index contributed by atoms with van der Waals surface area (Å²) in [7, 11) is -1.07. The van der Waals surface area contributed by atoms with E-state index in [4.69, 9.17) is 10.2 Å². The molecule has 0 saturated carbocycles. The molecule has 212 valence electrons. The van der Waals surface area contributed by atoms with Crippen molar-refractivity contribution < 1.29 is 20.4 Å². The van der Waals surface area contributed by atoms with E-state index in [1.165, 1.54) is 5.44 Å². The molecule has 6 heteroatoms. The van der Waals surface area contributed by atoms with Gasteiger partial charge in [-0.25, -0.2) is 4.68 Å². The molecule has 3 aromatic carbocycles. The summed E-state index contributed by atoms with van der Waals surface area (Å²) in [6.07, 6.45) is 1.96. The molecular formula is C34H42N4PPd+. The second kappa shape index (κ2) is 13.2. The van der Waals surface area contributed by atoms with Crippen molar-refractivity contribution in [3.05, 3.63) is 118 Å². The fourth-order valence-electron chi connectivity index (χ4n) is 5.58. The minimum absolute atomic E-state index is 0. The van der Waals surface area contributed by atoms with Gasteiger partial charge in [-0.2, -0.15) is 14.9 Å². The molecule has 0 N–H and O–H groups in total. The van der Waals surface area contributed by atoms with Gasteiger partial charge in [-0.3, -0.25) is 0 Å². The van der Waals surface area contributed by atoms with Gasteiger partial charge in [0.1, 0.15) is 17.1 Å². The summed E-state index contributed by atoms with van der Waals surface area (Å²) in [5.41, 5.74) is 7.50. The van der Waals surface area contributed by atoms with Gasteiger partial charge in [-0.05, 0) is 53.7 Å². The first kappa shape index (κ1) is 33.4. The summed E-state index contributed by atoms with van der Waals surface area (Å²) in [6, 6.07) is 33.7. The third-order valence-corrected chi connectivity index (χ3v) is 10.5. The zero-order chi connectivity index (χ0) is 26.2. The number of rotatable bonds is 5. The first-order chi connectivity index (χ1) is 17.7. The summed E-state index contributed by atoms with van der Waals surface area (Å²) in [5.74, 6) is 0. The van der Waals surface area contributed by atoms with Crippen LogP contribution >= 0.6 is 7.92 Å². The Bertz CT molecular complexity index is 1460. The van der Waals surface area contributed by atoms with Crippen molar-refractivity contribution in [1.29, 1.82) is 0 Å². The Kier molecular flexibility index (Phi) is 11.0. The number of aromatic nitrogens is 4. The summed E-state index contributed by atoms with van der Waals surface area (Å²) in [5, 5.41) is 10.5. The van der Waals surface area contributed by atoms with Gasteiger partial charge in [0.2, 0.25) is 0 Å². The van der Waals surface area contributed by atoms with Gasteiger partial charge in [0.05, 0.1) is 30.1 Å². The predicted molar refractivity (Wildman–Crippen MR) is 172 cm³/mol. The van der Waals surface area contributed by atoms with Crippen molar-refractivity contribution in [3.8, 4) is 33.9 Å². The number of hydrogen-bond acceptors (Lipinski definition) is 2. The molecule has 0 amide bonds. The molecule has 0 unspecified atom stereocenters. The van der Waals surface area contributed by atoms with Crippen LogP contribution in [0.25, 0.3) is 33.9 Å². The first-order valence-electron chi connectivity index (χ1n) is 12.9. The Morgan fingerprint density at radius 3 is 1.57 bits per heavy atom. The van der Waals surface area contributed by atoms with Crippen LogP contribution in [0.2, 0.25) is 0 Å². The maximum atomic E-state index is 5.27. The van der Waals surface area contributed by atoms with Crippen LogP contribution in [0.4, 0.5) is 0 Å². The van der Waals surface area contributed by atoms with Gasteiger partial charge in [0.25, 0.3) is 0 Å². The van der Waals surface area contributed by atoms with Crippen LogP contribution in [0, 0.1) is 14.9 Å². The van der Waals surface area contributed by atoms with Crippen molar-refractivity contribution in [1.82, 2.24) is 19.6 Å². The van der Waals surface area contributed by atoms with E-state index in [9.17, 15) is 0 Å². The summed E-state index contributed by atoms with van der Waals surface area (Å²) in [6.45, 7) is 14.2. The molecule has 0 aliphatic carbocycles. The third-order valence-electron chi connectivity index (χ3n) is 6.57. The van der Waals surface area contributed by atoms with Gasteiger partial charge in [-0.15, -0.1) is 0 Å². The monoisotopic (exact) mass is 643 g/mol.